The third-order valence-corrected chi connectivity index (χ3v) is 4.24. The van der Waals surface area contributed by atoms with Gasteiger partial charge < -0.3 is 15.4 Å². The molecule has 0 aliphatic carbocycles. The fourth-order valence-corrected chi connectivity index (χ4v) is 2.88. The summed E-state index contributed by atoms with van der Waals surface area (Å²) < 4.78 is 5.93. The van der Waals surface area contributed by atoms with E-state index in [2.05, 4.69) is 16.7 Å². The van der Waals surface area contributed by atoms with E-state index < -0.39 is 6.10 Å². The smallest absolute Gasteiger partial charge is 0.265 e. The number of para-hydroxylation sites is 1. The van der Waals surface area contributed by atoms with E-state index >= 15 is 0 Å². The van der Waals surface area contributed by atoms with E-state index in [-0.39, 0.29) is 11.8 Å². The largest absolute Gasteiger partial charge is 0.481 e. The molecule has 0 aliphatic heterocycles. The van der Waals surface area contributed by atoms with Crippen LogP contribution < -0.4 is 15.4 Å². The van der Waals surface area contributed by atoms with Crippen molar-refractivity contribution in [1.82, 2.24) is 5.32 Å². The summed E-state index contributed by atoms with van der Waals surface area (Å²) in [5.41, 5.74) is 3.09. The minimum atomic E-state index is -0.645. The lowest BCUT2D eigenvalue weighted by atomic mass is 10.1. The number of rotatable bonds is 8. The van der Waals surface area contributed by atoms with Crippen molar-refractivity contribution in [3.63, 3.8) is 0 Å². The Kier molecular flexibility index (Phi) is 7.61. The molecule has 0 aliphatic rings. The van der Waals surface area contributed by atoms with Crippen molar-refractivity contribution in [2.75, 3.05) is 11.9 Å². The number of hydrogen-bond acceptors (Lipinski definition) is 3. The van der Waals surface area contributed by atoms with Gasteiger partial charge in [-0.3, -0.25) is 9.59 Å². The third-order valence-electron chi connectivity index (χ3n) is 4.24. The highest BCUT2D eigenvalue weighted by Gasteiger charge is 2.21. The van der Waals surface area contributed by atoms with E-state index in [0.29, 0.717) is 35.9 Å². The normalized spacial score (nSPS) is 11.8. The average Bonchev–Trinajstić information content (AvgIpc) is 2.63. The number of nitrogens with one attached hydrogen (secondary N) is 2. The van der Waals surface area contributed by atoms with Crippen molar-refractivity contribution >= 4 is 17.5 Å². The Morgan fingerprint density at radius 2 is 1.68 bits per heavy atom. The summed E-state index contributed by atoms with van der Waals surface area (Å²) in [5.74, 6) is 0.544. The van der Waals surface area contributed by atoms with Crippen molar-refractivity contribution in [3.05, 3.63) is 59.2 Å². The van der Waals surface area contributed by atoms with Crippen LogP contribution in [-0.2, 0) is 4.79 Å². The predicted octanol–water partition coefficient (Wildman–Crippen LogP) is 4.49. The second-order valence-corrected chi connectivity index (χ2v) is 7.48. The average molecular weight is 383 g/mol. The van der Waals surface area contributed by atoms with Gasteiger partial charge in [0, 0.05) is 6.54 Å². The molecule has 2 aromatic rings. The summed E-state index contributed by atoms with van der Waals surface area (Å²) in [5, 5.41) is 5.74. The van der Waals surface area contributed by atoms with Gasteiger partial charge in [0.05, 0.1) is 11.3 Å². The van der Waals surface area contributed by atoms with Crippen molar-refractivity contribution in [1.29, 1.82) is 0 Å². The number of aryl methyl sites for hydroxylation is 2. The van der Waals surface area contributed by atoms with E-state index in [1.807, 2.05) is 46.8 Å². The van der Waals surface area contributed by atoms with Crippen LogP contribution in [-0.4, -0.2) is 24.5 Å². The van der Waals surface area contributed by atoms with Gasteiger partial charge in [-0.15, -0.1) is 0 Å². The molecule has 2 aromatic carbocycles. The van der Waals surface area contributed by atoms with Gasteiger partial charge in [0.15, 0.2) is 6.10 Å². The highest BCUT2D eigenvalue weighted by Crippen LogP contribution is 2.20. The van der Waals surface area contributed by atoms with Crippen LogP contribution in [0.15, 0.2) is 42.5 Å². The maximum absolute atomic E-state index is 12.8. The van der Waals surface area contributed by atoms with Gasteiger partial charge in [-0.1, -0.05) is 39.0 Å². The van der Waals surface area contributed by atoms with Crippen molar-refractivity contribution < 1.29 is 14.3 Å². The van der Waals surface area contributed by atoms with Crippen LogP contribution in [0.1, 0.15) is 48.7 Å². The molecular formula is C23H30N2O3. The number of benzene rings is 2. The SMILES string of the molecule is CC[C@H](Oc1cc(C)cc(C)c1)C(=O)Nc1ccccc1C(=O)NCC(C)C. The number of carbonyl (C=O) groups excluding carboxylic acids is 2. The zero-order valence-electron chi connectivity index (χ0n) is 17.3. The Labute approximate surface area is 167 Å². The fourth-order valence-electron chi connectivity index (χ4n) is 2.88. The van der Waals surface area contributed by atoms with Gasteiger partial charge in [-0.2, -0.15) is 0 Å². The Morgan fingerprint density at radius 1 is 1.04 bits per heavy atom. The number of anilines is 1. The predicted molar refractivity (Wildman–Crippen MR) is 113 cm³/mol. The summed E-state index contributed by atoms with van der Waals surface area (Å²) in [6.07, 6.45) is -0.131. The maximum atomic E-state index is 12.8. The van der Waals surface area contributed by atoms with E-state index in [4.69, 9.17) is 4.74 Å². The van der Waals surface area contributed by atoms with Gasteiger partial charge in [-0.25, -0.2) is 0 Å². The van der Waals surface area contributed by atoms with Crippen molar-refractivity contribution in [3.8, 4) is 5.75 Å². The first-order valence-electron chi connectivity index (χ1n) is 9.73. The molecule has 2 rings (SSSR count). The molecule has 0 radical (unpaired) electrons. The molecular weight excluding hydrogens is 352 g/mol. The Balaban J connectivity index is 2.13. The van der Waals surface area contributed by atoms with Gasteiger partial charge in [0.1, 0.15) is 5.75 Å². The van der Waals surface area contributed by atoms with Gasteiger partial charge in [0.25, 0.3) is 11.8 Å². The first-order valence-corrected chi connectivity index (χ1v) is 9.73. The van der Waals surface area contributed by atoms with Crippen LogP contribution in [0.3, 0.4) is 0 Å². The molecule has 2 N–H and O–H groups in total. The molecule has 0 unspecified atom stereocenters. The molecule has 2 amide bonds. The molecule has 0 fully saturated rings. The number of carbonyl (C=O) groups is 2. The Hall–Kier alpha value is -2.82. The molecule has 0 saturated heterocycles. The first-order chi connectivity index (χ1) is 13.3. The lowest BCUT2D eigenvalue weighted by Crippen LogP contribution is -2.34. The standard InChI is InChI=1S/C23H30N2O3/c1-6-21(28-18-12-16(4)11-17(5)13-18)23(27)25-20-10-8-7-9-19(20)22(26)24-14-15(2)3/h7-13,15,21H,6,14H2,1-5H3,(H,24,26)(H,25,27)/t21-/m0/s1. The molecule has 0 spiro atoms. The number of hydrogen-bond donors (Lipinski definition) is 2. The van der Waals surface area contributed by atoms with E-state index in [0.717, 1.165) is 11.1 Å². The van der Waals surface area contributed by atoms with Crippen LogP contribution in [0.25, 0.3) is 0 Å². The molecule has 0 saturated carbocycles. The molecule has 5 nitrogen and oxygen atoms in total. The highest BCUT2D eigenvalue weighted by molar-refractivity contribution is 6.04. The monoisotopic (exact) mass is 382 g/mol. The van der Waals surface area contributed by atoms with Crippen molar-refractivity contribution in [2.24, 2.45) is 5.92 Å². The Bertz CT molecular complexity index is 810. The minimum Gasteiger partial charge on any atom is -0.481 e. The van der Waals surface area contributed by atoms with Crippen molar-refractivity contribution in [2.45, 2.75) is 47.1 Å². The zero-order valence-corrected chi connectivity index (χ0v) is 17.3. The molecule has 0 bridgehead atoms. The molecule has 28 heavy (non-hydrogen) atoms. The molecule has 0 heterocycles. The molecule has 1 atom stereocenters. The lowest BCUT2D eigenvalue weighted by Gasteiger charge is -2.19. The first kappa shape index (κ1) is 21.5. The number of amides is 2. The minimum absolute atomic E-state index is 0.201. The molecule has 150 valence electrons. The van der Waals surface area contributed by atoms with Gasteiger partial charge >= 0.3 is 0 Å². The third kappa shape index (κ3) is 6.12. The fraction of sp³-hybridized carbons (Fsp3) is 0.391. The summed E-state index contributed by atoms with van der Waals surface area (Å²) >= 11 is 0. The van der Waals surface area contributed by atoms with E-state index in [1.165, 1.54) is 0 Å². The maximum Gasteiger partial charge on any atom is 0.265 e. The van der Waals surface area contributed by atoms with Crippen LogP contribution >= 0.6 is 0 Å². The summed E-state index contributed by atoms with van der Waals surface area (Å²) in [6.45, 7) is 10.5. The number of ether oxygens (including phenoxy) is 1. The van der Waals surface area contributed by atoms with Gasteiger partial charge in [-0.05, 0) is 61.6 Å². The summed E-state index contributed by atoms with van der Waals surface area (Å²) in [4.78, 5) is 25.3. The second-order valence-electron chi connectivity index (χ2n) is 7.48. The summed E-state index contributed by atoms with van der Waals surface area (Å²) in [6, 6.07) is 12.9. The van der Waals surface area contributed by atoms with E-state index in [9.17, 15) is 9.59 Å². The van der Waals surface area contributed by atoms with Gasteiger partial charge in [0.2, 0.25) is 0 Å². The zero-order chi connectivity index (χ0) is 20.7. The highest BCUT2D eigenvalue weighted by atomic mass is 16.5. The van der Waals surface area contributed by atoms with Crippen LogP contribution in [0.2, 0.25) is 0 Å². The van der Waals surface area contributed by atoms with Crippen LogP contribution in [0.5, 0.6) is 5.75 Å². The van der Waals surface area contributed by atoms with E-state index in [1.54, 1.807) is 24.3 Å². The topological polar surface area (TPSA) is 67.4 Å². The second kappa shape index (κ2) is 9.93. The molecule has 5 heteroatoms. The lowest BCUT2D eigenvalue weighted by molar-refractivity contribution is -0.122. The molecule has 0 aromatic heterocycles. The quantitative estimate of drug-likeness (QED) is 0.707. The van der Waals surface area contributed by atoms with Crippen LogP contribution in [0, 0.1) is 19.8 Å². The Morgan fingerprint density at radius 3 is 2.29 bits per heavy atom. The van der Waals surface area contributed by atoms with Crippen LogP contribution in [0.4, 0.5) is 5.69 Å². The summed E-state index contributed by atoms with van der Waals surface area (Å²) in [7, 11) is 0.